The molecule has 0 saturated carbocycles. The molecule has 2 aromatic heterocycles. The second-order valence-corrected chi connectivity index (χ2v) is 10.4. The Balaban J connectivity index is 1.61. The summed E-state index contributed by atoms with van der Waals surface area (Å²) in [5, 5.41) is 2.86. The van der Waals surface area contributed by atoms with Gasteiger partial charge in [0.25, 0.3) is 0 Å². The zero-order valence-electron chi connectivity index (χ0n) is 26.1. The Labute approximate surface area is 253 Å². The standard InChI is InChI=1S/C31H47N7O5/c1-5-36(6-2)18-11-19-37(7-3)17-10-8-9-12-26(40)32-28-27-29(35-30(34-28)43-21-20-42-4)38(31(41)33-27)22-24-13-15-25(23-39)16-14-24/h13-16,23H,5-12,17-22H2,1-4H3,(H,33,41)(H,32,34,35,40). The quantitative estimate of drug-likeness (QED) is 0.140. The van der Waals surface area contributed by atoms with Gasteiger partial charge in [-0.05, 0) is 64.1 Å². The maximum absolute atomic E-state index is 12.9. The molecule has 236 valence electrons. The maximum atomic E-state index is 12.9. The molecule has 0 radical (unpaired) electrons. The number of imidazole rings is 1. The molecule has 0 unspecified atom stereocenters. The predicted octanol–water partition coefficient (Wildman–Crippen LogP) is 3.56. The van der Waals surface area contributed by atoms with Crippen molar-refractivity contribution in [3.63, 3.8) is 0 Å². The van der Waals surface area contributed by atoms with Crippen LogP contribution in [-0.4, -0.2) is 101 Å². The van der Waals surface area contributed by atoms with Gasteiger partial charge in [0.1, 0.15) is 18.4 Å². The van der Waals surface area contributed by atoms with Crippen LogP contribution in [0.3, 0.4) is 0 Å². The minimum atomic E-state index is -0.397. The zero-order valence-corrected chi connectivity index (χ0v) is 26.1. The van der Waals surface area contributed by atoms with Crippen LogP contribution in [0, 0.1) is 0 Å². The van der Waals surface area contributed by atoms with Gasteiger partial charge in [-0.3, -0.25) is 14.2 Å². The van der Waals surface area contributed by atoms with Gasteiger partial charge in [-0.1, -0.05) is 51.5 Å². The minimum absolute atomic E-state index is 0.0320. The van der Waals surface area contributed by atoms with E-state index in [-0.39, 0.29) is 30.9 Å². The fourth-order valence-corrected chi connectivity index (χ4v) is 4.89. The first-order chi connectivity index (χ1) is 20.9. The molecule has 12 nitrogen and oxygen atoms in total. The summed E-state index contributed by atoms with van der Waals surface area (Å²) in [6.45, 7) is 13.8. The van der Waals surface area contributed by atoms with Crippen molar-refractivity contribution in [2.24, 2.45) is 0 Å². The van der Waals surface area contributed by atoms with Gasteiger partial charge < -0.3 is 29.6 Å². The van der Waals surface area contributed by atoms with Gasteiger partial charge in [-0.2, -0.15) is 9.97 Å². The van der Waals surface area contributed by atoms with E-state index in [9.17, 15) is 14.4 Å². The third-order valence-electron chi connectivity index (χ3n) is 7.50. The molecule has 12 heteroatoms. The van der Waals surface area contributed by atoms with E-state index in [1.54, 1.807) is 31.4 Å². The lowest BCUT2D eigenvalue weighted by Gasteiger charge is -2.23. The largest absolute Gasteiger partial charge is 0.461 e. The van der Waals surface area contributed by atoms with Crippen LogP contribution in [0.2, 0.25) is 0 Å². The van der Waals surface area contributed by atoms with Crippen LogP contribution in [-0.2, 0) is 16.1 Å². The fourth-order valence-electron chi connectivity index (χ4n) is 4.89. The number of methoxy groups -OCH3 is 1. The number of rotatable bonds is 21. The molecule has 1 amide bonds. The first kappa shape index (κ1) is 33.9. The Hall–Kier alpha value is -3.61. The molecule has 0 bridgehead atoms. The van der Waals surface area contributed by atoms with Gasteiger partial charge in [0.05, 0.1) is 13.2 Å². The Kier molecular flexibility index (Phi) is 14.3. The van der Waals surface area contributed by atoms with E-state index in [0.29, 0.717) is 29.8 Å². The molecule has 2 heterocycles. The molecule has 0 aliphatic carbocycles. The van der Waals surface area contributed by atoms with E-state index in [1.807, 2.05) is 0 Å². The lowest BCUT2D eigenvalue weighted by atomic mass is 10.1. The Morgan fingerprint density at radius 3 is 2.33 bits per heavy atom. The molecule has 0 atom stereocenters. The van der Waals surface area contributed by atoms with E-state index in [2.05, 4.69) is 50.8 Å². The molecular weight excluding hydrogens is 550 g/mol. The van der Waals surface area contributed by atoms with Gasteiger partial charge in [-0.15, -0.1) is 0 Å². The average molecular weight is 598 g/mol. The van der Waals surface area contributed by atoms with Crippen LogP contribution >= 0.6 is 0 Å². The highest BCUT2D eigenvalue weighted by molar-refractivity contribution is 5.97. The van der Waals surface area contributed by atoms with Crippen molar-refractivity contribution in [2.45, 2.75) is 59.4 Å². The summed E-state index contributed by atoms with van der Waals surface area (Å²) in [5.41, 5.74) is 1.59. The van der Waals surface area contributed by atoms with Crippen molar-refractivity contribution >= 4 is 29.2 Å². The predicted molar refractivity (Wildman–Crippen MR) is 168 cm³/mol. The van der Waals surface area contributed by atoms with Gasteiger partial charge >= 0.3 is 11.7 Å². The van der Waals surface area contributed by atoms with E-state index >= 15 is 0 Å². The number of carbonyl (C=O) groups excluding carboxylic acids is 2. The van der Waals surface area contributed by atoms with Crippen LogP contribution in [0.25, 0.3) is 11.2 Å². The number of aldehydes is 1. The number of benzene rings is 1. The molecule has 0 spiro atoms. The van der Waals surface area contributed by atoms with E-state index in [1.165, 1.54) is 11.0 Å². The second kappa shape index (κ2) is 18.1. The second-order valence-electron chi connectivity index (χ2n) is 10.4. The molecule has 0 aliphatic heterocycles. The van der Waals surface area contributed by atoms with Crippen molar-refractivity contribution in [3.05, 3.63) is 45.9 Å². The highest BCUT2D eigenvalue weighted by atomic mass is 16.5. The van der Waals surface area contributed by atoms with Crippen molar-refractivity contribution in [1.82, 2.24) is 29.3 Å². The average Bonchev–Trinajstić information content (AvgIpc) is 3.33. The molecule has 1 aromatic carbocycles. The van der Waals surface area contributed by atoms with Gasteiger partial charge in [0, 0.05) is 19.1 Å². The molecule has 0 fully saturated rings. The molecule has 0 saturated heterocycles. The lowest BCUT2D eigenvalue weighted by Crippen LogP contribution is -2.30. The number of nitrogens with one attached hydrogen (secondary N) is 2. The van der Waals surface area contributed by atoms with Crippen LogP contribution < -0.4 is 15.7 Å². The molecule has 0 aliphatic rings. The first-order valence-corrected chi connectivity index (χ1v) is 15.3. The zero-order chi connectivity index (χ0) is 31.0. The number of amides is 1. The molecule has 2 N–H and O–H groups in total. The van der Waals surface area contributed by atoms with Crippen LogP contribution in [0.4, 0.5) is 5.82 Å². The summed E-state index contributed by atoms with van der Waals surface area (Å²) < 4.78 is 12.2. The first-order valence-electron chi connectivity index (χ1n) is 15.3. The summed E-state index contributed by atoms with van der Waals surface area (Å²) in [6, 6.07) is 6.97. The van der Waals surface area contributed by atoms with E-state index in [4.69, 9.17) is 9.47 Å². The van der Waals surface area contributed by atoms with Crippen LogP contribution in [0.5, 0.6) is 6.01 Å². The van der Waals surface area contributed by atoms with Gasteiger partial charge in [-0.25, -0.2) is 4.79 Å². The van der Waals surface area contributed by atoms with Crippen molar-refractivity contribution in [2.75, 3.05) is 64.9 Å². The summed E-state index contributed by atoms with van der Waals surface area (Å²) in [5.74, 6) is 0.00685. The van der Waals surface area contributed by atoms with Gasteiger partial charge in [0.2, 0.25) is 5.91 Å². The van der Waals surface area contributed by atoms with Crippen LogP contribution in [0.15, 0.2) is 29.1 Å². The number of hydrogen-bond donors (Lipinski definition) is 2. The number of fused-ring (bicyclic) bond motifs is 1. The third kappa shape index (κ3) is 10.6. The lowest BCUT2D eigenvalue weighted by molar-refractivity contribution is -0.116. The summed E-state index contributed by atoms with van der Waals surface area (Å²) in [7, 11) is 1.56. The van der Waals surface area contributed by atoms with Crippen LogP contribution in [0.1, 0.15) is 68.8 Å². The SMILES string of the molecule is CCN(CC)CCCN(CC)CCCCCC(=O)Nc1nc(OCCOC)nc2c1[nH]c(=O)n2Cc1ccc(C=O)cc1. The molecule has 43 heavy (non-hydrogen) atoms. The number of unbranched alkanes of at least 4 members (excludes halogenated alkanes) is 2. The number of nitrogens with zero attached hydrogens (tertiary/aromatic N) is 5. The Morgan fingerprint density at radius 1 is 0.953 bits per heavy atom. The Morgan fingerprint density at radius 2 is 1.65 bits per heavy atom. The summed E-state index contributed by atoms with van der Waals surface area (Å²) in [4.78, 5) is 53.4. The van der Waals surface area contributed by atoms with Gasteiger partial charge in [0.15, 0.2) is 11.5 Å². The van der Waals surface area contributed by atoms with Crippen molar-refractivity contribution in [1.29, 1.82) is 0 Å². The smallest absolute Gasteiger partial charge is 0.328 e. The number of aromatic amines is 1. The van der Waals surface area contributed by atoms with E-state index < -0.39 is 5.69 Å². The topological polar surface area (TPSA) is 135 Å². The highest BCUT2D eigenvalue weighted by Crippen LogP contribution is 2.22. The number of anilines is 1. The third-order valence-corrected chi connectivity index (χ3v) is 7.50. The maximum Gasteiger partial charge on any atom is 0.328 e. The normalized spacial score (nSPS) is 11.5. The highest BCUT2D eigenvalue weighted by Gasteiger charge is 2.18. The number of aromatic nitrogens is 4. The molecular formula is C31H47N7O5. The summed E-state index contributed by atoms with van der Waals surface area (Å²) >= 11 is 0. The number of hydrogen-bond acceptors (Lipinski definition) is 9. The van der Waals surface area contributed by atoms with Crippen molar-refractivity contribution < 1.29 is 19.1 Å². The Bertz CT molecular complexity index is 1330. The van der Waals surface area contributed by atoms with E-state index in [0.717, 1.165) is 70.4 Å². The number of ether oxygens (including phenoxy) is 2. The van der Waals surface area contributed by atoms with Crippen molar-refractivity contribution in [3.8, 4) is 6.01 Å². The molecule has 3 aromatic rings. The number of carbonyl (C=O) groups is 2. The fraction of sp³-hybridized carbons (Fsp3) is 0.581. The number of H-pyrrole nitrogens is 1. The molecule has 3 rings (SSSR count). The monoisotopic (exact) mass is 597 g/mol. The minimum Gasteiger partial charge on any atom is -0.461 e. The summed E-state index contributed by atoms with van der Waals surface area (Å²) in [6.07, 6.45) is 5.00.